The van der Waals surface area contributed by atoms with Crippen LogP contribution in [0.5, 0.6) is 0 Å². The molecule has 38 atom stereocenters. The molecule has 4 unspecified atom stereocenters. The van der Waals surface area contributed by atoms with Crippen molar-refractivity contribution in [1.82, 2.24) is 115 Å². The van der Waals surface area contributed by atoms with E-state index in [0.717, 1.165) is 0 Å². The van der Waals surface area contributed by atoms with E-state index in [1.807, 2.05) is 0 Å². The average molecular weight is 2170 g/mol. The van der Waals surface area contributed by atoms with Crippen LogP contribution in [0, 0.1) is 0 Å². The van der Waals surface area contributed by atoms with E-state index in [-0.39, 0.29) is 143 Å². The molecular weight excluding hydrogens is 2050 g/mol. The van der Waals surface area contributed by atoms with Gasteiger partial charge in [0.25, 0.3) is 0 Å². The van der Waals surface area contributed by atoms with Crippen LogP contribution in [0.25, 0.3) is 0 Å². The summed E-state index contributed by atoms with van der Waals surface area (Å²) in [6.45, 7) is -2.59. The Hall–Kier alpha value is -7.32. The highest BCUT2D eigenvalue weighted by atomic mass is 35.5. The van der Waals surface area contributed by atoms with Crippen molar-refractivity contribution in [2.24, 2.45) is 0 Å². The number of H-pyrrole nitrogens is 1. The summed E-state index contributed by atoms with van der Waals surface area (Å²) in [7, 11) is 0. The van der Waals surface area contributed by atoms with Crippen LogP contribution in [-0.2, 0) is 190 Å². The number of halogens is 4. The van der Waals surface area contributed by atoms with Gasteiger partial charge in [0.15, 0.2) is 43.9 Å². The van der Waals surface area contributed by atoms with E-state index in [1.54, 1.807) is 12.4 Å². The number of nitrogens with zero attached hydrogens (tertiary/aromatic N) is 23. The van der Waals surface area contributed by atoms with Gasteiger partial charge >= 0.3 is 0 Å². The van der Waals surface area contributed by atoms with Crippen LogP contribution in [0.3, 0.4) is 0 Å². The zero-order chi connectivity index (χ0) is 104. The third kappa shape index (κ3) is 26.2. The standard InChI is InChI=1S/C78H114Cl4N24O40/c79-31-77(145-75-63(121)57(115)49(81)47(21-107)141-75)69(127)55(113)45(143-77)19-105-11-35(85-95-105)25-131-23-33-9-101(93-83-33)15-41-51(109)59(117)67(125)73(137-41)135-29-39-13-103(97-89-39)17-43-53(111)61(119)65(123)71(139-43)133-27-37-7-99(91-87-37)1-3-129-5-6-130-4-2-100-8-38(88-92-100)28-134-72-66(124)62(120)54(112)44(140-72)18-104-14-40(90-98-104)30-136-74-68(126)60(118)52(110)42(138-74)16-102-10-34(84-94-102)24-132-26-36-12-106(96-86-36)20-46-56(114)70(128)78(32-80,144-46)146-76-64(122)58(116)50(82)48(22-108)142-76/h7-14,41-76,107-128H,1-6,15-32H2/p+1/t41-,42-,43-,44-,45-,46-,47-,48-,49+,50+,51?,52?,53?,54?,55-,56-,57+,58+,59+,60+,61+,62+,63-,64-,65+,66+,67+,68+,69+,70+,71-,72-,73-,74-,75-,76-,77+,78+/m1/s1. The van der Waals surface area contributed by atoms with Gasteiger partial charge in [0, 0.05) is 5.10 Å². The van der Waals surface area contributed by atoms with Crippen molar-refractivity contribution in [2.75, 3.05) is 51.4 Å². The lowest BCUT2D eigenvalue weighted by Gasteiger charge is -2.43. The molecule has 16 heterocycles. The summed E-state index contributed by atoms with van der Waals surface area (Å²) in [5.74, 6) is -5.41. The minimum atomic E-state index is -2.14. The Morgan fingerprint density at radius 1 is 0.301 bits per heavy atom. The van der Waals surface area contributed by atoms with Crippen LogP contribution in [0.15, 0.2) is 49.6 Å². The van der Waals surface area contributed by atoms with Crippen molar-refractivity contribution in [2.45, 2.75) is 336 Å². The molecule has 0 aromatic carbocycles. The molecule has 0 bridgehead atoms. The van der Waals surface area contributed by atoms with Crippen molar-refractivity contribution in [1.29, 1.82) is 0 Å². The molecule has 64 nitrogen and oxygen atoms in total. The number of aliphatic hydroxyl groups is 22. The van der Waals surface area contributed by atoms with Crippen molar-refractivity contribution in [3.8, 4) is 0 Å². The van der Waals surface area contributed by atoms with Crippen molar-refractivity contribution >= 4 is 46.4 Å². The minimum Gasteiger partial charge on any atom is -0.394 e. The monoisotopic (exact) mass is 2170 g/mol. The number of nitrogens with one attached hydrogen (secondary N) is 1. The minimum absolute atomic E-state index is 0.0670. The van der Waals surface area contributed by atoms with E-state index in [2.05, 4.69) is 82.5 Å². The second kappa shape index (κ2) is 50.1. The van der Waals surface area contributed by atoms with Gasteiger partial charge in [-0.15, -0.1) is 82.1 Å². The summed E-state index contributed by atoms with van der Waals surface area (Å²) in [6.07, 6.45) is -40.5. The van der Waals surface area contributed by atoms with Crippen LogP contribution in [0.4, 0.5) is 0 Å². The first-order valence-electron chi connectivity index (χ1n) is 45.9. The van der Waals surface area contributed by atoms with Gasteiger partial charge in [0.05, 0.1) is 198 Å². The number of rotatable bonds is 49. The number of aromatic amines is 1. The molecule has 8 aliphatic heterocycles. The van der Waals surface area contributed by atoms with Gasteiger partial charge < -0.3 is 198 Å². The number of hydrogen-bond acceptors (Lipinski definition) is 55. The first-order chi connectivity index (χ1) is 70.1. The predicted octanol–water partition coefficient (Wildman–Crippen LogP) is -15.7. The molecule has 0 aliphatic carbocycles. The molecule has 8 aliphatic rings. The zero-order valence-corrected chi connectivity index (χ0v) is 79.9. The van der Waals surface area contributed by atoms with Gasteiger partial charge in [-0.05, 0) is 0 Å². The van der Waals surface area contributed by atoms with Crippen molar-refractivity contribution in [3.05, 3.63) is 95.1 Å². The van der Waals surface area contributed by atoms with Crippen LogP contribution >= 0.6 is 46.4 Å². The lowest BCUT2D eigenvalue weighted by Crippen LogP contribution is -2.61. The van der Waals surface area contributed by atoms with Gasteiger partial charge in [0.2, 0.25) is 17.3 Å². The molecule has 8 aromatic heterocycles. The Bertz CT molecular complexity index is 5030. The fraction of sp³-hybridized carbons (Fsp3) is 0.795. The highest BCUT2D eigenvalue weighted by Crippen LogP contribution is 2.42. The molecule has 16 rings (SSSR count). The Balaban J connectivity index is 0.399. The number of aromatic nitrogens is 24. The van der Waals surface area contributed by atoms with E-state index < -0.39 is 256 Å². The number of aliphatic hydroxyl groups excluding tert-OH is 22. The summed E-state index contributed by atoms with van der Waals surface area (Å²) >= 11 is 24.5. The maximum absolute atomic E-state index is 11.0. The summed E-state index contributed by atoms with van der Waals surface area (Å²) in [5, 5.41) is 298. The molecular formula is C78H115Cl4N24O40+. The highest BCUT2D eigenvalue weighted by Gasteiger charge is 2.61. The molecule has 0 radical (unpaired) electrons. The summed E-state index contributed by atoms with van der Waals surface area (Å²) in [6, 6.07) is 0. The molecule has 8 fully saturated rings. The van der Waals surface area contributed by atoms with Gasteiger partial charge in [-0.2, -0.15) is 4.68 Å². The topological polar surface area (TPSA) is 859 Å². The van der Waals surface area contributed by atoms with E-state index >= 15 is 0 Å². The molecule has 146 heavy (non-hydrogen) atoms. The van der Waals surface area contributed by atoms with Crippen molar-refractivity contribution in [3.63, 3.8) is 0 Å². The molecule has 8 aromatic rings. The van der Waals surface area contributed by atoms with Crippen LogP contribution in [-0.4, -0.2) is 510 Å². The first-order valence-corrected chi connectivity index (χ1v) is 47.9. The molecule has 8 saturated heterocycles. The van der Waals surface area contributed by atoms with Gasteiger partial charge in [-0.1, -0.05) is 41.7 Å². The van der Waals surface area contributed by atoms with E-state index in [1.165, 1.54) is 74.6 Å². The normalized spacial score (nSPS) is 37.2. The molecule has 0 spiro atoms. The Morgan fingerprint density at radius 3 is 0.897 bits per heavy atom. The summed E-state index contributed by atoms with van der Waals surface area (Å²) < 4.78 is 115. The summed E-state index contributed by atoms with van der Waals surface area (Å²) in [4.78, 5) is 0. The third-order valence-corrected chi connectivity index (χ3v) is 26.9. The number of hydrogen-bond donors (Lipinski definition) is 23. The lowest BCUT2D eigenvalue weighted by molar-refractivity contribution is -0.761. The Labute approximate surface area is 843 Å². The van der Waals surface area contributed by atoms with E-state index in [4.69, 9.17) is 132 Å². The smallest absolute Gasteiger partial charge is 0.243 e. The van der Waals surface area contributed by atoms with Gasteiger partial charge in [0.1, 0.15) is 224 Å². The second-order valence-electron chi connectivity index (χ2n) is 35.7. The molecule has 814 valence electrons. The van der Waals surface area contributed by atoms with Crippen LogP contribution in [0.1, 0.15) is 45.6 Å². The van der Waals surface area contributed by atoms with E-state index in [9.17, 15) is 112 Å². The Morgan fingerprint density at radius 2 is 0.575 bits per heavy atom. The maximum atomic E-state index is 11.0. The van der Waals surface area contributed by atoms with Crippen molar-refractivity contribution < 1.29 is 202 Å². The predicted molar refractivity (Wildman–Crippen MR) is 461 cm³/mol. The Kier molecular flexibility index (Phi) is 38.2. The molecule has 0 saturated carbocycles. The molecule has 23 N–H and O–H groups in total. The number of alkyl halides is 4. The quantitative estimate of drug-likeness (QED) is 0.00956. The fourth-order valence-corrected chi connectivity index (χ4v) is 18.1. The third-order valence-electron chi connectivity index (χ3n) is 25.1. The largest absolute Gasteiger partial charge is 0.394 e. The molecule has 68 heteroatoms. The van der Waals surface area contributed by atoms with Gasteiger partial charge in [-0.3, -0.25) is 0 Å². The summed E-state index contributed by atoms with van der Waals surface area (Å²) in [5.41, 5.74) is 2.34. The second-order valence-corrected chi connectivity index (χ2v) is 37.3. The highest BCUT2D eigenvalue weighted by molar-refractivity contribution is 6.22. The van der Waals surface area contributed by atoms with Crippen LogP contribution < -0.4 is 4.68 Å². The lowest BCUT2D eigenvalue weighted by atomic mass is 9.99. The number of ether oxygens (including phenoxy) is 18. The fourth-order valence-electron chi connectivity index (χ4n) is 16.9. The zero-order valence-electron chi connectivity index (χ0n) is 76.9. The van der Waals surface area contributed by atoms with E-state index in [0.29, 0.717) is 34.2 Å². The SMILES string of the molecule is OC[C@H]1O[C@H](O[C@]2(CCl)O[C@H](Cn3cc(COCc4cn(C[C@H]5O[C@@H](OCc6cn(C[C@H]7O[C@@H](OCc8cn(CCOCCOCCn9cc(CO[C@@H]%10O[C@H](Cn%11cc(CO[C@@H]%12O[C@H](C[n+]%13cc(COCc%14cn(C[C@H]%15O[C@@](CCl)(O[C@H]%16O[C@H](CO)[C@H](Cl)[C@H](O)[C@H]%16O)[C@@H](O)[C@@H]%15O)nn%14)n[nH]%13)C(O)[C@H](O)[C@@H]%12O)nn%11)C(O)[C@H](O)[C@@H]%10O)nn9)nn8)[C@@H](O)[C@@H](O)C7O)nn6)[C@@H](O)[C@@H](O)C5O)nn4)nn3)[C@@H](O)[C@@H]2O)[C@H](O)[C@@H](O)[C@H]1Cl. The maximum Gasteiger partial charge on any atom is 0.243 e. The van der Waals surface area contributed by atoms with Gasteiger partial charge in [-0.25, -0.2) is 32.8 Å². The first kappa shape index (κ1) is 111. The average Bonchev–Trinajstić information content (AvgIpc) is 1.75. The molecule has 0 amide bonds. The van der Waals surface area contributed by atoms with Crippen LogP contribution in [0.2, 0.25) is 0 Å².